The van der Waals surface area contributed by atoms with Gasteiger partial charge in [0.25, 0.3) is 5.91 Å². The van der Waals surface area contributed by atoms with Crippen LogP contribution in [0.5, 0.6) is 0 Å². The fourth-order valence-corrected chi connectivity index (χ4v) is 4.39. The third kappa shape index (κ3) is 4.71. The van der Waals surface area contributed by atoms with Crippen molar-refractivity contribution < 1.29 is 30.0 Å². The fraction of sp³-hybridized carbons (Fsp3) is 0.292. The van der Waals surface area contributed by atoms with Gasteiger partial charge < -0.3 is 35.0 Å². The number of nitrogens with zero attached hydrogens (tertiary/aromatic N) is 1. The summed E-state index contributed by atoms with van der Waals surface area (Å²) in [5, 5.41) is 44.0. The van der Waals surface area contributed by atoms with Gasteiger partial charge in [-0.05, 0) is 29.3 Å². The number of hydrogen-bond acceptors (Lipinski definition) is 6. The highest BCUT2D eigenvalue weighted by Crippen LogP contribution is 2.28. The van der Waals surface area contributed by atoms with Gasteiger partial charge in [0.1, 0.15) is 24.4 Å². The van der Waals surface area contributed by atoms with E-state index in [1.807, 2.05) is 22.8 Å². The smallest absolute Gasteiger partial charge is 0.253 e. The monoisotopic (exact) mass is 506 g/mol. The maximum absolute atomic E-state index is 13.2. The molecular weight excluding hydrogens is 483 g/mol. The van der Waals surface area contributed by atoms with Gasteiger partial charge in [-0.2, -0.15) is 0 Å². The molecule has 180 valence electrons. The second kappa shape index (κ2) is 10.1. The van der Waals surface area contributed by atoms with Crippen LogP contribution in [-0.4, -0.2) is 68.2 Å². The Bertz CT molecular complexity index is 1230. The van der Waals surface area contributed by atoms with E-state index in [1.165, 1.54) is 0 Å². The molecule has 0 saturated carbocycles. The average Bonchev–Trinajstić information content (AvgIpc) is 3.18. The van der Waals surface area contributed by atoms with Crippen molar-refractivity contribution in [1.82, 2.24) is 9.88 Å². The van der Waals surface area contributed by atoms with Crippen molar-refractivity contribution in [3.8, 4) is 0 Å². The first-order valence-corrected chi connectivity index (χ1v) is 11.3. The Morgan fingerprint density at radius 3 is 2.56 bits per heavy atom. The van der Waals surface area contributed by atoms with E-state index in [0.29, 0.717) is 27.5 Å². The molecule has 10 heteroatoms. The summed E-state index contributed by atoms with van der Waals surface area (Å²) < 4.78 is 7.00. The zero-order valence-electron chi connectivity index (χ0n) is 17.9. The van der Waals surface area contributed by atoms with Gasteiger partial charge in [0.15, 0.2) is 6.29 Å². The SMILES string of the molecule is C=Cc1ccc2c(C(=O)N[C@H]3C(O)O[C@H](CO)[C@@H](O)C3O)cn(Cc3ccc(Cl)c(Cl)c3)c2c1. The van der Waals surface area contributed by atoms with Crippen molar-refractivity contribution in [2.75, 3.05) is 6.61 Å². The summed E-state index contributed by atoms with van der Waals surface area (Å²) in [6.45, 7) is 3.60. The lowest BCUT2D eigenvalue weighted by Crippen LogP contribution is -2.64. The molecule has 1 aliphatic heterocycles. The Hall–Kier alpha value is -2.43. The molecule has 1 aliphatic rings. The van der Waals surface area contributed by atoms with E-state index in [9.17, 15) is 25.2 Å². The third-order valence-electron chi connectivity index (χ3n) is 5.92. The Morgan fingerprint density at radius 1 is 1.12 bits per heavy atom. The number of aliphatic hydroxyl groups is 4. The van der Waals surface area contributed by atoms with Crippen LogP contribution in [-0.2, 0) is 11.3 Å². The number of aromatic nitrogens is 1. The molecule has 0 aliphatic carbocycles. The minimum absolute atomic E-state index is 0.295. The minimum Gasteiger partial charge on any atom is -0.394 e. The lowest BCUT2D eigenvalue weighted by Gasteiger charge is -2.40. The average molecular weight is 507 g/mol. The zero-order chi connectivity index (χ0) is 24.6. The van der Waals surface area contributed by atoms with Crippen molar-refractivity contribution >= 4 is 46.1 Å². The van der Waals surface area contributed by atoms with Gasteiger partial charge in [0.2, 0.25) is 0 Å². The maximum Gasteiger partial charge on any atom is 0.253 e. The quantitative estimate of drug-likeness (QED) is 0.349. The molecule has 5 atom stereocenters. The van der Waals surface area contributed by atoms with Gasteiger partial charge in [-0.25, -0.2) is 0 Å². The molecule has 2 heterocycles. The normalized spacial score (nSPS) is 24.8. The number of carbonyl (C=O) groups excluding carboxylic acids is 1. The Kier molecular flexibility index (Phi) is 7.30. The van der Waals surface area contributed by atoms with Crippen LogP contribution >= 0.6 is 23.2 Å². The lowest BCUT2D eigenvalue weighted by molar-refractivity contribution is -0.252. The van der Waals surface area contributed by atoms with Crippen LogP contribution in [0.2, 0.25) is 10.0 Å². The molecule has 3 aromatic rings. The molecule has 0 bridgehead atoms. The first-order chi connectivity index (χ1) is 16.2. The Morgan fingerprint density at radius 2 is 1.88 bits per heavy atom. The summed E-state index contributed by atoms with van der Waals surface area (Å²) in [6.07, 6.45) is -2.45. The van der Waals surface area contributed by atoms with Crippen LogP contribution in [0.25, 0.3) is 17.0 Å². The van der Waals surface area contributed by atoms with Gasteiger partial charge in [0, 0.05) is 23.6 Å². The summed E-state index contributed by atoms with van der Waals surface area (Å²) in [5.74, 6) is -0.578. The molecule has 2 aromatic carbocycles. The largest absolute Gasteiger partial charge is 0.394 e. The second-order valence-electron chi connectivity index (χ2n) is 8.13. The Balaban J connectivity index is 1.67. The van der Waals surface area contributed by atoms with E-state index >= 15 is 0 Å². The van der Waals surface area contributed by atoms with E-state index in [2.05, 4.69) is 11.9 Å². The summed E-state index contributed by atoms with van der Waals surface area (Å²) in [5.41, 5.74) is 2.78. The van der Waals surface area contributed by atoms with E-state index in [1.54, 1.807) is 30.5 Å². The number of ether oxygens (including phenoxy) is 1. The number of hydrogen-bond donors (Lipinski definition) is 5. The van der Waals surface area contributed by atoms with Crippen molar-refractivity contribution in [2.24, 2.45) is 0 Å². The molecule has 0 spiro atoms. The van der Waals surface area contributed by atoms with Gasteiger partial charge in [-0.15, -0.1) is 0 Å². The van der Waals surface area contributed by atoms with E-state index in [0.717, 1.165) is 16.6 Å². The molecule has 0 radical (unpaired) electrons. The lowest BCUT2D eigenvalue weighted by atomic mass is 9.96. The van der Waals surface area contributed by atoms with Crippen LogP contribution in [0.3, 0.4) is 0 Å². The number of nitrogens with one attached hydrogen (secondary N) is 1. The topological polar surface area (TPSA) is 124 Å². The predicted molar refractivity (Wildman–Crippen MR) is 129 cm³/mol. The van der Waals surface area contributed by atoms with Crippen LogP contribution < -0.4 is 5.32 Å². The number of rotatable bonds is 6. The predicted octanol–water partition coefficient (Wildman–Crippen LogP) is 2.17. The van der Waals surface area contributed by atoms with Crippen LogP contribution in [0.4, 0.5) is 0 Å². The molecular formula is C24H24Cl2N2O6. The summed E-state index contributed by atoms with van der Waals surface area (Å²) in [7, 11) is 0. The first-order valence-electron chi connectivity index (χ1n) is 10.5. The van der Waals surface area contributed by atoms with Gasteiger partial charge in [-0.3, -0.25) is 4.79 Å². The summed E-state index contributed by atoms with van der Waals surface area (Å²) >= 11 is 12.2. The molecule has 1 aromatic heterocycles. The van der Waals surface area contributed by atoms with E-state index in [4.69, 9.17) is 27.9 Å². The van der Waals surface area contributed by atoms with Crippen LogP contribution in [0, 0.1) is 0 Å². The second-order valence-corrected chi connectivity index (χ2v) is 8.94. The van der Waals surface area contributed by atoms with Gasteiger partial charge >= 0.3 is 0 Å². The van der Waals surface area contributed by atoms with Crippen LogP contribution in [0.1, 0.15) is 21.5 Å². The maximum atomic E-state index is 13.2. The molecule has 4 rings (SSSR count). The number of halogens is 2. The van der Waals surface area contributed by atoms with Crippen molar-refractivity contribution in [3.63, 3.8) is 0 Å². The summed E-state index contributed by atoms with van der Waals surface area (Å²) in [6, 6.07) is 9.47. The van der Waals surface area contributed by atoms with Crippen LogP contribution in [0.15, 0.2) is 49.2 Å². The van der Waals surface area contributed by atoms with E-state index < -0.39 is 43.2 Å². The first kappa shape index (κ1) is 24.7. The van der Waals surface area contributed by atoms with Gasteiger partial charge in [-0.1, -0.05) is 54.1 Å². The van der Waals surface area contributed by atoms with Gasteiger partial charge in [0.05, 0.1) is 22.2 Å². The number of benzene rings is 2. The van der Waals surface area contributed by atoms with E-state index in [-0.39, 0.29) is 0 Å². The molecule has 1 fully saturated rings. The minimum atomic E-state index is -1.61. The Labute approximate surface area is 205 Å². The number of carbonyl (C=O) groups is 1. The molecule has 5 N–H and O–H groups in total. The fourth-order valence-electron chi connectivity index (χ4n) is 4.06. The highest BCUT2D eigenvalue weighted by Gasteiger charge is 2.44. The number of aliphatic hydroxyl groups excluding tert-OH is 4. The third-order valence-corrected chi connectivity index (χ3v) is 6.66. The molecule has 2 unspecified atom stereocenters. The highest BCUT2D eigenvalue weighted by molar-refractivity contribution is 6.42. The molecule has 1 saturated heterocycles. The summed E-state index contributed by atoms with van der Waals surface area (Å²) in [4.78, 5) is 13.2. The number of fused-ring (bicyclic) bond motifs is 1. The highest BCUT2D eigenvalue weighted by atomic mass is 35.5. The standard InChI is InChI=1S/C24H24Cl2N2O6/c1-2-12-3-5-14-15(23(32)27-20-22(31)21(30)19(11-29)34-24(20)33)10-28(18(14)8-12)9-13-4-6-16(25)17(26)7-13/h2-8,10,19-22,24,29-31,33H,1,9,11H2,(H,27,32)/t19-,20-,21-,22?,24?/m1/s1. The molecule has 1 amide bonds. The van der Waals surface area contributed by atoms with Crippen molar-refractivity contribution in [3.05, 3.63) is 75.9 Å². The van der Waals surface area contributed by atoms with Crippen molar-refractivity contribution in [2.45, 2.75) is 37.2 Å². The molecule has 8 nitrogen and oxygen atoms in total. The molecule has 34 heavy (non-hydrogen) atoms. The number of amides is 1. The van der Waals surface area contributed by atoms with Crippen molar-refractivity contribution in [1.29, 1.82) is 0 Å². The zero-order valence-corrected chi connectivity index (χ0v) is 19.4.